The van der Waals surface area contributed by atoms with Gasteiger partial charge >= 0.3 is 0 Å². The number of rotatable bonds is 5. The van der Waals surface area contributed by atoms with E-state index in [0.29, 0.717) is 6.42 Å². The summed E-state index contributed by atoms with van der Waals surface area (Å²) in [6, 6.07) is 1.82. The molecule has 0 amide bonds. The first-order chi connectivity index (χ1) is 7.95. The summed E-state index contributed by atoms with van der Waals surface area (Å²) in [5.74, 6) is -2.34. The van der Waals surface area contributed by atoms with Crippen LogP contribution in [-0.4, -0.2) is 11.6 Å². The first kappa shape index (κ1) is 13.5. The van der Waals surface area contributed by atoms with Crippen molar-refractivity contribution in [3.63, 3.8) is 0 Å². The van der Waals surface area contributed by atoms with E-state index in [9.17, 15) is 18.4 Å². The highest BCUT2D eigenvalue weighted by Gasteiger charge is 2.17. The van der Waals surface area contributed by atoms with E-state index in [-0.39, 0.29) is 29.8 Å². The second kappa shape index (κ2) is 5.66. The second-order valence-corrected chi connectivity index (χ2v) is 3.97. The third-order valence-corrected chi connectivity index (χ3v) is 2.44. The molecule has 1 rings (SSSR count). The highest BCUT2D eigenvalue weighted by molar-refractivity contribution is 6.08. The molecule has 4 heteroatoms. The third-order valence-electron chi connectivity index (χ3n) is 2.44. The summed E-state index contributed by atoms with van der Waals surface area (Å²) in [6.45, 7) is 3.23. The maximum Gasteiger partial charge on any atom is 0.173 e. The van der Waals surface area contributed by atoms with Gasteiger partial charge in [0.1, 0.15) is 17.4 Å². The maximum atomic E-state index is 13.4. The maximum absolute atomic E-state index is 13.4. The fourth-order valence-electron chi connectivity index (χ4n) is 1.50. The molecule has 0 fully saturated rings. The normalized spacial score (nSPS) is 10.4. The topological polar surface area (TPSA) is 34.1 Å². The molecule has 0 unspecified atom stereocenters. The van der Waals surface area contributed by atoms with Gasteiger partial charge in [0.2, 0.25) is 0 Å². The van der Waals surface area contributed by atoms with E-state index in [1.807, 2.05) is 6.92 Å². The quantitative estimate of drug-likeness (QED) is 0.585. The average molecular weight is 240 g/mol. The molecular formula is C13H14F2O2. The number of carbonyl (C=O) groups excluding carboxylic acids is 2. The van der Waals surface area contributed by atoms with Gasteiger partial charge in [0.15, 0.2) is 5.78 Å². The van der Waals surface area contributed by atoms with Crippen LogP contribution in [0, 0.1) is 18.6 Å². The highest BCUT2D eigenvalue weighted by Crippen LogP contribution is 2.16. The zero-order valence-electron chi connectivity index (χ0n) is 9.85. The lowest BCUT2D eigenvalue weighted by atomic mass is 10.0. The molecule has 0 radical (unpaired) electrons. The molecule has 0 heterocycles. The van der Waals surface area contributed by atoms with Gasteiger partial charge in [-0.25, -0.2) is 8.78 Å². The van der Waals surface area contributed by atoms with E-state index in [4.69, 9.17) is 0 Å². The molecule has 1 aromatic carbocycles. The molecule has 0 aliphatic rings. The minimum absolute atomic E-state index is 0.138. The van der Waals surface area contributed by atoms with Gasteiger partial charge in [-0.3, -0.25) is 9.59 Å². The zero-order valence-corrected chi connectivity index (χ0v) is 9.85. The fraction of sp³-hybridized carbons (Fsp3) is 0.385. The van der Waals surface area contributed by atoms with Crippen molar-refractivity contribution >= 4 is 11.6 Å². The SMILES string of the molecule is CCCC(=O)CC(=O)c1cc(F)c(C)cc1F. The third kappa shape index (κ3) is 3.44. The number of Topliss-reactive ketones (excluding diaryl/α,β-unsaturated/α-hetero) is 2. The van der Waals surface area contributed by atoms with Gasteiger partial charge in [0.25, 0.3) is 0 Å². The largest absolute Gasteiger partial charge is 0.299 e. The second-order valence-electron chi connectivity index (χ2n) is 3.97. The van der Waals surface area contributed by atoms with Crippen molar-refractivity contribution in [1.82, 2.24) is 0 Å². The Balaban J connectivity index is 2.89. The number of halogens is 2. The molecule has 1 aromatic rings. The van der Waals surface area contributed by atoms with E-state index in [0.717, 1.165) is 12.1 Å². The summed E-state index contributed by atoms with van der Waals surface area (Å²) in [5, 5.41) is 0. The van der Waals surface area contributed by atoms with Crippen molar-refractivity contribution in [3.05, 3.63) is 34.9 Å². The van der Waals surface area contributed by atoms with E-state index in [2.05, 4.69) is 0 Å². The Morgan fingerprint density at radius 2 is 1.82 bits per heavy atom. The number of hydrogen-bond donors (Lipinski definition) is 0. The van der Waals surface area contributed by atoms with Crippen LogP contribution in [0.1, 0.15) is 42.1 Å². The molecule has 0 spiro atoms. The molecule has 0 N–H and O–H groups in total. The van der Waals surface area contributed by atoms with E-state index >= 15 is 0 Å². The summed E-state index contributed by atoms with van der Waals surface area (Å²) in [4.78, 5) is 22.8. The van der Waals surface area contributed by atoms with Crippen molar-refractivity contribution in [3.8, 4) is 0 Å². The van der Waals surface area contributed by atoms with Crippen LogP contribution in [0.5, 0.6) is 0 Å². The molecular weight excluding hydrogens is 226 g/mol. The monoisotopic (exact) mass is 240 g/mol. The van der Waals surface area contributed by atoms with Crippen LogP contribution in [0.15, 0.2) is 12.1 Å². The van der Waals surface area contributed by atoms with Crippen molar-refractivity contribution in [2.75, 3.05) is 0 Å². The summed E-state index contributed by atoms with van der Waals surface area (Å²) in [6.07, 6.45) is 0.547. The van der Waals surface area contributed by atoms with Crippen LogP contribution in [0.25, 0.3) is 0 Å². The first-order valence-corrected chi connectivity index (χ1v) is 5.46. The fourth-order valence-corrected chi connectivity index (χ4v) is 1.50. The van der Waals surface area contributed by atoms with Crippen molar-refractivity contribution in [2.45, 2.75) is 33.1 Å². The molecule has 0 aromatic heterocycles. The number of ketones is 2. The molecule has 0 aliphatic carbocycles. The smallest absolute Gasteiger partial charge is 0.173 e. The standard InChI is InChI=1S/C13H14F2O2/c1-3-4-9(16)6-13(17)10-7-11(14)8(2)5-12(10)15/h5,7H,3-4,6H2,1-2H3. The molecule has 0 atom stereocenters. The zero-order chi connectivity index (χ0) is 13.0. The molecule has 17 heavy (non-hydrogen) atoms. The van der Waals surface area contributed by atoms with Gasteiger partial charge in [-0.2, -0.15) is 0 Å². The number of benzene rings is 1. The molecule has 0 bridgehead atoms. The molecule has 0 saturated heterocycles. The van der Waals surface area contributed by atoms with Gasteiger partial charge in [-0.05, 0) is 31.0 Å². The van der Waals surface area contributed by atoms with Gasteiger partial charge in [-0.15, -0.1) is 0 Å². The lowest BCUT2D eigenvalue weighted by Crippen LogP contribution is -2.10. The average Bonchev–Trinajstić information content (AvgIpc) is 2.23. The van der Waals surface area contributed by atoms with Gasteiger partial charge in [0.05, 0.1) is 12.0 Å². The summed E-state index contributed by atoms with van der Waals surface area (Å²) in [7, 11) is 0. The van der Waals surface area contributed by atoms with Crippen LogP contribution < -0.4 is 0 Å². The van der Waals surface area contributed by atoms with Crippen LogP contribution in [0.3, 0.4) is 0 Å². The Kier molecular flexibility index (Phi) is 4.49. The van der Waals surface area contributed by atoms with Gasteiger partial charge < -0.3 is 0 Å². The Labute approximate surface area is 98.6 Å². The Morgan fingerprint density at radius 3 is 2.41 bits per heavy atom. The molecule has 2 nitrogen and oxygen atoms in total. The van der Waals surface area contributed by atoms with Crippen LogP contribution in [0.4, 0.5) is 8.78 Å². The predicted octanol–water partition coefficient (Wildman–Crippen LogP) is 3.22. The van der Waals surface area contributed by atoms with Crippen LogP contribution in [-0.2, 0) is 4.79 Å². The highest BCUT2D eigenvalue weighted by atomic mass is 19.1. The molecule has 0 aliphatic heterocycles. The van der Waals surface area contributed by atoms with E-state index in [1.54, 1.807) is 0 Å². The van der Waals surface area contributed by atoms with Crippen LogP contribution in [0.2, 0.25) is 0 Å². The number of carbonyl (C=O) groups is 2. The summed E-state index contributed by atoms with van der Waals surface area (Å²) >= 11 is 0. The lowest BCUT2D eigenvalue weighted by Gasteiger charge is -2.04. The first-order valence-electron chi connectivity index (χ1n) is 5.46. The minimum Gasteiger partial charge on any atom is -0.299 e. The number of hydrogen-bond acceptors (Lipinski definition) is 2. The minimum atomic E-state index is -0.779. The van der Waals surface area contributed by atoms with Crippen LogP contribution >= 0.6 is 0 Å². The van der Waals surface area contributed by atoms with Crippen molar-refractivity contribution < 1.29 is 18.4 Å². The Bertz CT molecular complexity index is 453. The van der Waals surface area contributed by atoms with E-state index < -0.39 is 17.4 Å². The summed E-state index contributed by atoms with van der Waals surface area (Å²) in [5.41, 5.74) is -0.212. The summed E-state index contributed by atoms with van der Waals surface area (Å²) < 4.78 is 26.6. The number of aryl methyl sites for hydroxylation is 1. The Hall–Kier alpha value is -1.58. The predicted molar refractivity (Wildman–Crippen MR) is 60.0 cm³/mol. The van der Waals surface area contributed by atoms with Crippen molar-refractivity contribution in [2.24, 2.45) is 0 Å². The van der Waals surface area contributed by atoms with Gasteiger partial charge in [0, 0.05) is 6.42 Å². The molecule has 0 saturated carbocycles. The van der Waals surface area contributed by atoms with Crippen molar-refractivity contribution in [1.29, 1.82) is 0 Å². The van der Waals surface area contributed by atoms with E-state index in [1.165, 1.54) is 6.92 Å². The Morgan fingerprint density at radius 1 is 1.18 bits per heavy atom. The lowest BCUT2D eigenvalue weighted by molar-refractivity contribution is -0.118. The molecule has 92 valence electrons. The van der Waals surface area contributed by atoms with Gasteiger partial charge in [-0.1, -0.05) is 6.92 Å².